The number of amides is 1. The van der Waals surface area contributed by atoms with Crippen molar-refractivity contribution < 1.29 is 23.6 Å². The summed E-state index contributed by atoms with van der Waals surface area (Å²) in [6, 6.07) is 15.7. The van der Waals surface area contributed by atoms with Gasteiger partial charge in [0.2, 0.25) is 0 Å². The minimum atomic E-state index is -0.600. The van der Waals surface area contributed by atoms with E-state index in [0.717, 1.165) is 28.6 Å². The van der Waals surface area contributed by atoms with Gasteiger partial charge in [-0.1, -0.05) is 54.6 Å². The van der Waals surface area contributed by atoms with E-state index in [2.05, 4.69) is 11.4 Å². The molecule has 178 valence electrons. The Bertz CT molecular complexity index is 1080. The number of ether oxygens (including phenoxy) is 1. The molecule has 1 saturated heterocycles. The van der Waals surface area contributed by atoms with Crippen molar-refractivity contribution in [2.45, 2.75) is 64.8 Å². The highest BCUT2D eigenvalue weighted by Gasteiger charge is 2.52. The van der Waals surface area contributed by atoms with Crippen LogP contribution in [0.2, 0.25) is 0 Å². The molecular formula is C27H32BNO5. The zero-order chi connectivity index (χ0) is 24.3. The minimum absolute atomic E-state index is 0.200. The standard InChI is InChI=1S/C27H32BNO5/c1-26(2)27(3,4)34-28(33-26)23(17-29-25(31)32-18-19-8-6-5-7-9-19)15-20-10-11-22-16-24(30)13-12-21(22)14-20/h5-11,14-15H,12-13,16-18H2,1-4H3,(H,29,31). The predicted octanol–water partition coefficient (Wildman–Crippen LogP) is 4.69. The first-order valence-corrected chi connectivity index (χ1v) is 11.8. The van der Waals surface area contributed by atoms with Gasteiger partial charge >= 0.3 is 13.2 Å². The molecule has 2 aromatic carbocycles. The maximum atomic E-state index is 12.4. The first-order valence-electron chi connectivity index (χ1n) is 11.8. The van der Waals surface area contributed by atoms with Gasteiger partial charge in [0.25, 0.3) is 0 Å². The second-order valence-electron chi connectivity index (χ2n) is 9.97. The number of carbonyl (C=O) groups excluding carboxylic acids is 2. The van der Waals surface area contributed by atoms with Gasteiger partial charge < -0.3 is 19.4 Å². The molecule has 1 heterocycles. The zero-order valence-electron chi connectivity index (χ0n) is 20.4. The van der Waals surface area contributed by atoms with Crippen LogP contribution in [0, 0.1) is 0 Å². The Balaban J connectivity index is 1.50. The Morgan fingerprint density at radius 1 is 1.03 bits per heavy atom. The third-order valence-electron chi connectivity index (χ3n) is 6.85. The fraction of sp³-hybridized carbons (Fsp3) is 0.407. The average molecular weight is 461 g/mol. The first-order chi connectivity index (χ1) is 16.1. The van der Waals surface area contributed by atoms with Crippen molar-refractivity contribution in [3.63, 3.8) is 0 Å². The molecule has 4 rings (SSSR count). The summed E-state index contributed by atoms with van der Waals surface area (Å²) in [5.41, 5.74) is 3.98. The summed E-state index contributed by atoms with van der Waals surface area (Å²) in [5.74, 6) is 0.284. The summed E-state index contributed by atoms with van der Waals surface area (Å²) >= 11 is 0. The Hall–Kier alpha value is -2.90. The number of benzene rings is 2. The third kappa shape index (κ3) is 5.59. The number of Topliss-reactive ketones (excluding diaryl/α,β-unsaturated/α-hetero) is 1. The van der Waals surface area contributed by atoms with E-state index in [1.807, 2.05) is 76.2 Å². The largest absolute Gasteiger partial charge is 0.492 e. The molecule has 1 aliphatic carbocycles. The van der Waals surface area contributed by atoms with E-state index in [1.165, 1.54) is 5.56 Å². The van der Waals surface area contributed by atoms with E-state index < -0.39 is 24.4 Å². The molecule has 0 saturated carbocycles. The molecule has 0 radical (unpaired) electrons. The summed E-state index contributed by atoms with van der Waals surface area (Å²) in [4.78, 5) is 24.2. The lowest BCUT2D eigenvalue weighted by Gasteiger charge is -2.32. The monoisotopic (exact) mass is 461 g/mol. The van der Waals surface area contributed by atoms with Gasteiger partial charge in [0, 0.05) is 19.4 Å². The van der Waals surface area contributed by atoms with E-state index in [9.17, 15) is 9.59 Å². The van der Waals surface area contributed by atoms with E-state index in [4.69, 9.17) is 14.0 Å². The lowest BCUT2D eigenvalue weighted by molar-refractivity contribution is -0.118. The van der Waals surface area contributed by atoms with Gasteiger partial charge in [-0.3, -0.25) is 4.79 Å². The first kappa shape index (κ1) is 24.2. The molecule has 2 aromatic rings. The smallest absolute Gasteiger partial charge is 0.445 e. The number of hydrogen-bond acceptors (Lipinski definition) is 5. The lowest BCUT2D eigenvalue weighted by atomic mass is 9.76. The summed E-state index contributed by atoms with van der Waals surface area (Å²) in [6.45, 7) is 8.43. The molecule has 0 atom stereocenters. The van der Waals surface area contributed by atoms with Crippen LogP contribution in [-0.4, -0.2) is 36.7 Å². The van der Waals surface area contributed by atoms with Crippen LogP contribution < -0.4 is 5.32 Å². The van der Waals surface area contributed by atoms with Crippen LogP contribution in [0.25, 0.3) is 6.08 Å². The highest BCUT2D eigenvalue weighted by molar-refractivity contribution is 6.56. The van der Waals surface area contributed by atoms with Crippen molar-refractivity contribution in [1.29, 1.82) is 0 Å². The molecule has 1 amide bonds. The maximum Gasteiger partial charge on any atom is 0.492 e. The van der Waals surface area contributed by atoms with Gasteiger partial charge in [0.05, 0.1) is 11.2 Å². The maximum absolute atomic E-state index is 12.4. The quantitative estimate of drug-likeness (QED) is 0.633. The molecule has 0 unspecified atom stereocenters. The number of hydrogen-bond donors (Lipinski definition) is 1. The zero-order valence-corrected chi connectivity index (χ0v) is 20.4. The van der Waals surface area contributed by atoms with Crippen molar-refractivity contribution in [2.75, 3.05) is 6.54 Å². The van der Waals surface area contributed by atoms with Crippen LogP contribution in [0.4, 0.5) is 4.79 Å². The summed E-state index contributed by atoms with van der Waals surface area (Å²) in [6.07, 6.45) is 3.33. The van der Waals surface area contributed by atoms with Crippen LogP contribution >= 0.6 is 0 Å². The average Bonchev–Trinajstić information content (AvgIpc) is 3.02. The molecule has 1 N–H and O–H groups in total. The number of carbonyl (C=O) groups is 2. The molecule has 7 heteroatoms. The number of fused-ring (bicyclic) bond motifs is 1. The van der Waals surface area contributed by atoms with Crippen LogP contribution in [0.3, 0.4) is 0 Å². The lowest BCUT2D eigenvalue weighted by Crippen LogP contribution is -2.41. The molecule has 34 heavy (non-hydrogen) atoms. The Morgan fingerprint density at radius 3 is 2.44 bits per heavy atom. The molecule has 0 spiro atoms. The minimum Gasteiger partial charge on any atom is -0.445 e. The second-order valence-corrected chi connectivity index (χ2v) is 9.97. The van der Waals surface area contributed by atoms with E-state index >= 15 is 0 Å². The van der Waals surface area contributed by atoms with Crippen molar-refractivity contribution in [3.8, 4) is 0 Å². The Kier molecular flexibility index (Phi) is 6.96. The van der Waals surface area contributed by atoms with Crippen molar-refractivity contribution in [2.24, 2.45) is 0 Å². The van der Waals surface area contributed by atoms with Crippen LogP contribution in [0.15, 0.2) is 54.0 Å². The van der Waals surface area contributed by atoms with E-state index in [-0.39, 0.29) is 18.9 Å². The van der Waals surface area contributed by atoms with Crippen molar-refractivity contribution in [1.82, 2.24) is 5.32 Å². The molecular weight excluding hydrogens is 429 g/mol. The fourth-order valence-corrected chi connectivity index (χ4v) is 4.08. The second kappa shape index (κ2) is 9.76. The van der Waals surface area contributed by atoms with E-state index in [0.29, 0.717) is 12.8 Å². The number of alkyl carbamates (subject to hydrolysis) is 1. The number of aryl methyl sites for hydroxylation is 1. The molecule has 0 bridgehead atoms. The fourth-order valence-electron chi connectivity index (χ4n) is 4.08. The Labute approximate surface area is 201 Å². The predicted molar refractivity (Wildman–Crippen MR) is 132 cm³/mol. The Morgan fingerprint density at radius 2 is 1.74 bits per heavy atom. The number of nitrogens with one attached hydrogen (secondary N) is 1. The highest BCUT2D eigenvalue weighted by atomic mass is 16.7. The van der Waals surface area contributed by atoms with Crippen LogP contribution in [0.1, 0.15) is 56.4 Å². The topological polar surface area (TPSA) is 73.9 Å². The SMILES string of the molecule is CC1(C)OB(C(=Cc2ccc3c(c2)CCC(=O)C3)CNC(=O)OCc2ccccc2)OC1(C)C. The van der Waals surface area contributed by atoms with Crippen molar-refractivity contribution >= 4 is 25.1 Å². The molecule has 0 aromatic heterocycles. The van der Waals surface area contributed by atoms with Crippen molar-refractivity contribution in [3.05, 3.63) is 76.3 Å². The third-order valence-corrected chi connectivity index (χ3v) is 6.85. The normalized spacial score (nSPS) is 19.0. The van der Waals surface area contributed by atoms with Crippen LogP contribution in [-0.2, 0) is 38.3 Å². The number of rotatable bonds is 6. The molecule has 2 aliphatic rings. The summed E-state index contributed by atoms with van der Waals surface area (Å²) in [7, 11) is -0.600. The summed E-state index contributed by atoms with van der Waals surface area (Å²) < 4.78 is 17.9. The van der Waals surface area contributed by atoms with Gasteiger partial charge in [-0.2, -0.15) is 0 Å². The molecule has 1 aliphatic heterocycles. The van der Waals surface area contributed by atoms with Gasteiger partial charge in [-0.05, 0) is 61.8 Å². The van der Waals surface area contributed by atoms with Gasteiger partial charge in [-0.15, -0.1) is 0 Å². The summed E-state index contributed by atoms with van der Waals surface area (Å²) in [5, 5.41) is 2.84. The highest BCUT2D eigenvalue weighted by Crippen LogP contribution is 2.38. The van der Waals surface area contributed by atoms with E-state index in [1.54, 1.807) is 0 Å². The molecule has 1 fully saturated rings. The van der Waals surface area contributed by atoms with Crippen LogP contribution in [0.5, 0.6) is 0 Å². The van der Waals surface area contributed by atoms with Gasteiger partial charge in [0.15, 0.2) is 0 Å². The van der Waals surface area contributed by atoms with Gasteiger partial charge in [-0.25, -0.2) is 4.79 Å². The molecule has 6 nitrogen and oxygen atoms in total. The number of ketones is 1. The van der Waals surface area contributed by atoms with Gasteiger partial charge in [0.1, 0.15) is 12.4 Å².